The van der Waals surface area contributed by atoms with Crippen LogP contribution in [0.25, 0.3) is 10.4 Å². The minimum absolute atomic E-state index is 0.224. The van der Waals surface area contributed by atoms with Gasteiger partial charge in [0.25, 0.3) is 0 Å². The predicted molar refractivity (Wildman–Crippen MR) is 107 cm³/mol. The summed E-state index contributed by atoms with van der Waals surface area (Å²) in [5.41, 5.74) is 9.81. The zero-order valence-corrected chi connectivity index (χ0v) is 16.1. The molecular weight excluding hydrogens is 368 g/mol. The summed E-state index contributed by atoms with van der Waals surface area (Å²) in [6.45, 7) is 3.05. The molecule has 2 N–H and O–H groups in total. The lowest BCUT2D eigenvalue weighted by atomic mass is 10.2. The molecule has 0 heterocycles. The van der Waals surface area contributed by atoms with Gasteiger partial charge in [0.1, 0.15) is 4.99 Å². The molecule has 148 valence electrons. The van der Waals surface area contributed by atoms with E-state index in [0.29, 0.717) is 50.1 Å². The molecular formula is C18H26N4O4S. The molecule has 0 amide bonds. The first-order valence-electron chi connectivity index (χ1n) is 8.94. The van der Waals surface area contributed by atoms with Gasteiger partial charge in [-0.2, -0.15) is 0 Å². The highest BCUT2D eigenvalue weighted by Gasteiger charge is 2.00. The van der Waals surface area contributed by atoms with Crippen LogP contribution in [0.5, 0.6) is 0 Å². The van der Waals surface area contributed by atoms with Crippen LogP contribution in [0.1, 0.15) is 37.7 Å². The summed E-state index contributed by atoms with van der Waals surface area (Å²) in [7, 11) is 0. The number of benzene rings is 1. The first-order chi connectivity index (χ1) is 13.1. The van der Waals surface area contributed by atoms with Crippen molar-refractivity contribution in [1.82, 2.24) is 5.32 Å². The van der Waals surface area contributed by atoms with Crippen molar-refractivity contribution in [3.63, 3.8) is 0 Å². The molecule has 1 rings (SSSR count). The second-order valence-corrected chi connectivity index (χ2v) is 6.18. The summed E-state index contributed by atoms with van der Waals surface area (Å²) in [5, 5.41) is 15.2. The van der Waals surface area contributed by atoms with E-state index in [1.807, 2.05) is 12.1 Å². The number of unbranched alkanes of at least 4 members (excludes halogenated alkanes) is 2. The van der Waals surface area contributed by atoms with Crippen LogP contribution >= 0.6 is 12.2 Å². The number of hydrogen-bond donors (Lipinski definition) is 2. The van der Waals surface area contributed by atoms with Crippen molar-refractivity contribution < 1.29 is 19.4 Å². The number of ether oxygens (including phenoxy) is 2. The Morgan fingerprint density at radius 1 is 1.07 bits per heavy atom. The molecule has 1 aromatic carbocycles. The van der Waals surface area contributed by atoms with Gasteiger partial charge in [0.15, 0.2) is 0 Å². The van der Waals surface area contributed by atoms with E-state index in [0.717, 1.165) is 24.8 Å². The van der Waals surface area contributed by atoms with Crippen LogP contribution in [-0.2, 0) is 14.3 Å². The maximum atomic E-state index is 10.4. The normalized spacial score (nSPS) is 10.2. The smallest absolute Gasteiger partial charge is 0.303 e. The summed E-state index contributed by atoms with van der Waals surface area (Å²) < 4.78 is 10.9. The van der Waals surface area contributed by atoms with Crippen molar-refractivity contribution in [2.24, 2.45) is 5.11 Å². The fourth-order valence-corrected chi connectivity index (χ4v) is 2.43. The molecule has 8 nitrogen and oxygen atoms in total. The average Bonchev–Trinajstić information content (AvgIpc) is 2.66. The third-order valence-electron chi connectivity index (χ3n) is 3.59. The standard InChI is InChI=1S/C18H26N4O4S/c19-22-21-16-8-6-15(7-9-16)18(27)20-10-4-12-26-14-13-25-11-3-1-2-5-17(23)24/h6-9H,1-5,10-14H2,(H,20,27)(H,23,24). The first kappa shape index (κ1) is 22.9. The Morgan fingerprint density at radius 2 is 1.74 bits per heavy atom. The lowest BCUT2D eigenvalue weighted by Gasteiger charge is -2.09. The Kier molecular flexibility index (Phi) is 12.6. The molecule has 0 spiro atoms. The second kappa shape index (κ2) is 14.9. The lowest BCUT2D eigenvalue weighted by Crippen LogP contribution is -2.24. The van der Waals surface area contributed by atoms with Crippen LogP contribution in [-0.4, -0.2) is 49.0 Å². The van der Waals surface area contributed by atoms with E-state index in [1.165, 1.54) is 0 Å². The van der Waals surface area contributed by atoms with Crippen molar-refractivity contribution in [3.05, 3.63) is 40.3 Å². The molecule has 0 radical (unpaired) electrons. The SMILES string of the molecule is [N-]=[N+]=Nc1ccc(C(=S)NCCCOCCOCCCCCC(=O)O)cc1. The van der Waals surface area contributed by atoms with Crippen LogP contribution in [0.4, 0.5) is 5.69 Å². The Labute approximate surface area is 164 Å². The Balaban J connectivity index is 1.94. The average molecular weight is 394 g/mol. The Hall–Kier alpha value is -2.19. The van der Waals surface area contributed by atoms with Gasteiger partial charge in [-0.05, 0) is 24.8 Å². The largest absolute Gasteiger partial charge is 0.481 e. The molecule has 0 unspecified atom stereocenters. The van der Waals surface area contributed by atoms with Crippen molar-refractivity contribution in [3.8, 4) is 0 Å². The van der Waals surface area contributed by atoms with E-state index in [9.17, 15) is 4.79 Å². The van der Waals surface area contributed by atoms with Gasteiger partial charge in [-0.1, -0.05) is 48.0 Å². The van der Waals surface area contributed by atoms with E-state index in [2.05, 4.69) is 15.3 Å². The maximum Gasteiger partial charge on any atom is 0.303 e. The van der Waals surface area contributed by atoms with Gasteiger partial charge in [0, 0.05) is 42.3 Å². The molecule has 27 heavy (non-hydrogen) atoms. The van der Waals surface area contributed by atoms with Crippen LogP contribution in [0, 0.1) is 0 Å². The fraction of sp³-hybridized carbons (Fsp3) is 0.556. The fourth-order valence-electron chi connectivity index (χ4n) is 2.19. The lowest BCUT2D eigenvalue weighted by molar-refractivity contribution is -0.137. The summed E-state index contributed by atoms with van der Waals surface area (Å²) in [6.07, 6.45) is 3.49. The molecule has 0 saturated heterocycles. The zero-order chi connectivity index (χ0) is 19.7. The quantitative estimate of drug-likeness (QED) is 0.153. The van der Waals surface area contributed by atoms with Crippen molar-refractivity contribution in [2.75, 3.05) is 33.0 Å². The maximum absolute atomic E-state index is 10.4. The van der Waals surface area contributed by atoms with E-state index >= 15 is 0 Å². The number of carbonyl (C=O) groups is 1. The highest BCUT2D eigenvalue weighted by Crippen LogP contribution is 2.13. The van der Waals surface area contributed by atoms with E-state index in [1.54, 1.807) is 12.1 Å². The molecule has 0 fully saturated rings. The van der Waals surface area contributed by atoms with Gasteiger partial charge in [0.2, 0.25) is 0 Å². The molecule has 0 bridgehead atoms. The molecule has 0 aliphatic rings. The third kappa shape index (κ3) is 11.9. The molecule has 1 aromatic rings. The van der Waals surface area contributed by atoms with Gasteiger partial charge in [0.05, 0.1) is 13.2 Å². The number of nitrogens with one attached hydrogen (secondary N) is 1. The van der Waals surface area contributed by atoms with E-state index in [4.69, 9.17) is 32.3 Å². The highest BCUT2D eigenvalue weighted by molar-refractivity contribution is 7.80. The van der Waals surface area contributed by atoms with Crippen molar-refractivity contribution >= 4 is 28.9 Å². The molecule has 0 aromatic heterocycles. The van der Waals surface area contributed by atoms with Gasteiger partial charge in [-0.15, -0.1) is 0 Å². The topological polar surface area (TPSA) is 117 Å². The van der Waals surface area contributed by atoms with Gasteiger partial charge >= 0.3 is 5.97 Å². The molecule has 9 heteroatoms. The number of rotatable bonds is 15. The number of carboxylic acids is 1. The monoisotopic (exact) mass is 394 g/mol. The second-order valence-electron chi connectivity index (χ2n) is 5.77. The van der Waals surface area contributed by atoms with Gasteiger partial charge in [-0.25, -0.2) is 0 Å². The van der Waals surface area contributed by atoms with Gasteiger partial charge < -0.3 is 19.9 Å². The number of thiocarbonyl (C=S) groups is 1. The number of carboxylic acid groups (broad SMARTS) is 1. The van der Waals surface area contributed by atoms with Crippen LogP contribution in [0.3, 0.4) is 0 Å². The van der Waals surface area contributed by atoms with E-state index in [-0.39, 0.29) is 6.42 Å². The first-order valence-corrected chi connectivity index (χ1v) is 9.35. The molecule has 0 saturated carbocycles. The predicted octanol–water partition coefficient (Wildman–Crippen LogP) is 3.96. The van der Waals surface area contributed by atoms with Crippen molar-refractivity contribution in [1.29, 1.82) is 0 Å². The zero-order valence-electron chi connectivity index (χ0n) is 15.3. The van der Waals surface area contributed by atoms with Gasteiger partial charge in [-0.3, -0.25) is 4.79 Å². The minimum atomic E-state index is -0.747. The van der Waals surface area contributed by atoms with Crippen LogP contribution < -0.4 is 5.32 Å². The van der Waals surface area contributed by atoms with Crippen molar-refractivity contribution in [2.45, 2.75) is 32.1 Å². The number of aliphatic carboxylic acids is 1. The third-order valence-corrected chi connectivity index (χ3v) is 3.97. The summed E-state index contributed by atoms with van der Waals surface area (Å²) in [5.74, 6) is -0.747. The molecule has 0 atom stereocenters. The van der Waals surface area contributed by atoms with E-state index < -0.39 is 5.97 Å². The summed E-state index contributed by atoms with van der Waals surface area (Å²) in [4.78, 5) is 13.7. The number of azide groups is 1. The minimum Gasteiger partial charge on any atom is -0.481 e. The van der Waals surface area contributed by atoms with Crippen LogP contribution in [0.15, 0.2) is 29.4 Å². The van der Waals surface area contributed by atoms with Crippen LogP contribution in [0.2, 0.25) is 0 Å². The highest BCUT2D eigenvalue weighted by atomic mass is 32.1. The molecule has 0 aliphatic heterocycles. The summed E-state index contributed by atoms with van der Waals surface area (Å²) >= 11 is 5.31. The number of hydrogen-bond acceptors (Lipinski definition) is 5. The Morgan fingerprint density at radius 3 is 2.37 bits per heavy atom. The summed E-state index contributed by atoms with van der Waals surface area (Å²) in [6, 6.07) is 7.07. The molecule has 0 aliphatic carbocycles. The number of nitrogens with zero attached hydrogens (tertiary/aromatic N) is 3. The Bertz CT molecular complexity index is 618.